The normalized spacial score (nSPS) is 11.6. The first-order chi connectivity index (χ1) is 10.9. The number of H-pyrrole nitrogens is 4. The van der Waals surface area contributed by atoms with E-state index in [2.05, 4.69) is 44.2 Å². The molecule has 1 aromatic carbocycles. The summed E-state index contributed by atoms with van der Waals surface area (Å²) in [5.74, 6) is 0. The third kappa shape index (κ3) is 1.41. The summed E-state index contributed by atoms with van der Waals surface area (Å²) in [6.45, 7) is 0. The zero-order valence-electron chi connectivity index (χ0n) is 11.8. The van der Waals surface area contributed by atoms with Gasteiger partial charge in [-0.2, -0.15) is 0 Å². The number of aromatic amines is 4. The van der Waals surface area contributed by atoms with Crippen LogP contribution in [0.5, 0.6) is 0 Å². The minimum atomic E-state index is 1.11. The minimum Gasteiger partial charge on any atom is -0.361 e. The maximum atomic E-state index is 3.41. The molecule has 0 aliphatic rings. The molecule has 22 heavy (non-hydrogen) atoms. The fourth-order valence-corrected chi connectivity index (χ4v) is 3.36. The SMILES string of the molecule is c1c[nH]c(-c2c(-c3ccc[nH]3)c3[nH]ccc3c3cc[nH]c23)c1. The number of hydrogen-bond acceptors (Lipinski definition) is 0. The van der Waals surface area contributed by atoms with Crippen molar-refractivity contribution < 1.29 is 0 Å². The van der Waals surface area contributed by atoms with Crippen LogP contribution < -0.4 is 0 Å². The number of hydrogen-bond donors (Lipinski definition) is 4. The van der Waals surface area contributed by atoms with Crippen LogP contribution in [-0.4, -0.2) is 19.9 Å². The summed E-state index contributed by atoms with van der Waals surface area (Å²) in [7, 11) is 0. The van der Waals surface area contributed by atoms with Crippen molar-refractivity contribution in [1.29, 1.82) is 0 Å². The lowest BCUT2D eigenvalue weighted by Gasteiger charge is -2.11. The molecule has 0 aliphatic carbocycles. The van der Waals surface area contributed by atoms with Crippen LogP contribution >= 0.6 is 0 Å². The first kappa shape index (κ1) is 11.5. The highest BCUT2D eigenvalue weighted by atomic mass is 14.8. The highest BCUT2D eigenvalue weighted by Gasteiger charge is 2.19. The van der Waals surface area contributed by atoms with Crippen molar-refractivity contribution in [1.82, 2.24) is 19.9 Å². The van der Waals surface area contributed by atoms with Crippen molar-refractivity contribution in [2.24, 2.45) is 0 Å². The fraction of sp³-hybridized carbons (Fsp3) is 0. The smallest absolute Gasteiger partial charge is 0.0563 e. The molecule has 4 heterocycles. The minimum absolute atomic E-state index is 1.11. The molecule has 0 unspecified atom stereocenters. The second-order valence-corrected chi connectivity index (χ2v) is 5.45. The second-order valence-electron chi connectivity index (χ2n) is 5.45. The van der Waals surface area contributed by atoms with E-state index in [1.54, 1.807) is 0 Å². The van der Waals surface area contributed by atoms with E-state index in [0.29, 0.717) is 0 Å². The average Bonchev–Trinajstić information content (AvgIpc) is 3.32. The molecule has 106 valence electrons. The largest absolute Gasteiger partial charge is 0.361 e. The Morgan fingerprint density at radius 2 is 1.00 bits per heavy atom. The highest BCUT2D eigenvalue weighted by molar-refractivity contribution is 6.19. The van der Waals surface area contributed by atoms with E-state index in [4.69, 9.17) is 0 Å². The van der Waals surface area contributed by atoms with E-state index < -0.39 is 0 Å². The lowest BCUT2D eigenvalue weighted by molar-refractivity contribution is 1.37. The molecule has 4 aromatic heterocycles. The average molecular weight is 286 g/mol. The van der Waals surface area contributed by atoms with Gasteiger partial charge in [0.25, 0.3) is 0 Å². The lowest BCUT2D eigenvalue weighted by atomic mass is 9.96. The van der Waals surface area contributed by atoms with Gasteiger partial charge in [-0.15, -0.1) is 0 Å². The van der Waals surface area contributed by atoms with Gasteiger partial charge in [-0.1, -0.05) is 0 Å². The molecule has 0 fully saturated rings. The fourth-order valence-electron chi connectivity index (χ4n) is 3.36. The Morgan fingerprint density at radius 1 is 0.500 bits per heavy atom. The topological polar surface area (TPSA) is 63.2 Å². The number of benzene rings is 1. The molecule has 5 rings (SSSR count). The van der Waals surface area contributed by atoms with Gasteiger partial charge >= 0.3 is 0 Å². The van der Waals surface area contributed by atoms with Crippen LogP contribution in [0.15, 0.2) is 61.2 Å². The van der Waals surface area contributed by atoms with Crippen LogP contribution in [0.1, 0.15) is 0 Å². The van der Waals surface area contributed by atoms with Gasteiger partial charge in [0.1, 0.15) is 0 Å². The molecule has 4 heteroatoms. The summed E-state index contributed by atoms with van der Waals surface area (Å²) in [5, 5.41) is 2.47. The molecule has 4 nitrogen and oxygen atoms in total. The van der Waals surface area contributed by atoms with Crippen LogP contribution in [0.2, 0.25) is 0 Å². The molecule has 0 saturated heterocycles. The molecule has 0 aliphatic heterocycles. The van der Waals surface area contributed by atoms with E-state index >= 15 is 0 Å². The van der Waals surface area contributed by atoms with Crippen LogP contribution in [0.3, 0.4) is 0 Å². The van der Waals surface area contributed by atoms with Crippen molar-refractivity contribution in [3.05, 3.63) is 61.2 Å². The number of rotatable bonds is 2. The summed E-state index contributed by atoms with van der Waals surface area (Å²) < 4.78 is 0. The highest BCUT2D eigenvalue weighted by Crippen LogP contribution is 2.42. The van der Waals surface area contributed by atoms with Crippen LogP contribution in [0.25, 0.3) is 44.3 Å². The Bertz CT molecular complexity index is 972. The van der Waals surface area contributed by atoms with Gasteiger partial charge in [0.15, 0.2) is 0 Å². The summed E-state index contributed by atoms with van der Waals surface area (Å²) in [5.41, 5.74) is 6.88. The molecule has 0 bridgehead atoms. The maximum absolute atomic E-state index is 3.41. The maximum Gasteiger partial charge on any atom is 0.0563 e. The molecule has 0 spiro atoms. The van der Waals surface area contributed by atoms with E-state index in [0.717, 1.165) is 22.4 Å². The van der Waals surface area contributed by atoms with Crippen molar-refractivity contribution in [2.75, 3.05) is 0 Å². The Morgan fingerprint density at radius 3 is 1.41 bits per heavy atom. The summed E-state index contributed by atoms with van der Waals surface area (Å²) in [6.07, 6.45) is 7.92. The molecule has 0 saturated carbocycles. The van der Waals surface area contributed by atoms with E-state index in [1.165, 1.54) is 21.9 Å². The van der Waals surface area contributed by atoms with Gasteiger partial charge < -0.3 is 19.9 Å². The predicted octanol–water partition coefficient (Wildman–Crippen LogP) is 4.64. The Balaban J connectivity index is 2.06. The molecular formula is C18H14N4. The van der Waals surface area contributed by atoms with Crippen molar-refractivity contribution in [2.45, 2.75) is 0 Å². The van der Waals surface area contributed by atoms with Gasteiger partial charge in [-0.05, 0) is 36.4 Å². The van der Waals surface area contributed by atoms with E-state index in [-0.39, 0.29) is 0 Å². The standard InChI is InChI=1S/C18H14N4/c1-3-13(19-7-1)15-16(14-4-2-8-20-14)18-12(6-10-22-18)11-5-9-21-17(11)15/h1-10,19-22H. The molecule has 0 atom stereocenters. The molecule has 5 aromatic rings. The zero-order chi connectivity index (χ0) is 14.5. The number of nitrogens with one attached hydrogen (secondary N) is 4. The predicted molar refractivity (Wildman–Crippen MR) is 89.7 cm³/mol. The van der Waals surface area contributed by atoms with Crippen LogP contribution in [0, 0.1) is 0 Å². The first-order valence-corrected chi connectivity index (χ1v) is 7.31. The molecule has 0 radical (unpaired) electrons. The second kappa shape index (κ2) is 4.18. The molecule has 0 amide bonds. The van der Waals surface area contributed by atoms with Gasteiger partial charge in [0, 0.05) is 58.1 Å². The zero-order valence-corrected chi connectivity index (χ0v) is 11.8. The van der Waals surface area contributed by atoms with Crippen molar-refractivity contribution >= 4 is 21.8 Å². The molecular weight excluding hydrogens is 272 g/mol. The summed E-state index contributed by atoms with van der Waals surface area (Å²) in [4.78, 5) is 13.5. The Labute approximate surface area is 126 Å². The summed E-state index contributed by atoms with van der Waals surface area (Å²) in [6, 6.07) is 12.5. The molecule has 4 N–H and O–H groups in total. The van der Waals surface area contributed by atoms with Crippen LogP contribution in [0.4, 0.5) is 0 Å². The quantitative estimate of drug-likeness (QED) is 0.365. The third-order valence-corrected chi connectivity index (χ3v) is 4.27. The third-order valence-electron chi connectivity index (χ3n) is 4.27. The van der Waals surface area contributed by atoms with Crippen molar-refractivity contribution in [3.63, 3.8) is 0 Å². The Kier molecular flexibility index (Phi) is 2.19. The van der Waals surface area contributed by atoms with E-state index in [1.807, 2.05) is 36.9 Å². The summed E-state index contributed by atoms with van der Waals surface area (Å²) >= 11 is 0. The monoisotopic (exact) mass is 286 g/mol. The Hall–Kier alpha value is -3.14. The lowest BCUT2D eigenvalue weighted by Crippen LogP contribution is -1.90. The van der Waals surface area contributed by atoms with Crippen LogP contribution in [-0.2, 0) is 0 Å². The number of fused-ring (bicyclic) bond motifs is 3. The number of aromatic nitrogens is 4. The van der Waals surface area contributed by atoms with Gasteiger partial charge in [0.05, 0.1) is 11.0 Å². The van der Waals surface area contributed by atoms with E-state index in [9.17, 15) is 0 Å². The van der Waals surface area contributed by atoms with Gasteiger partial charge in [-0.3, -0.25) is 0 Å². The first-order valence-electron chi connectivity index (χ1n) is 7.31. The van der Waals surface area contributed by atoms with Crippen molar-refractivity contribution in [3.8, 4) is 22.5 Å². The van der Waals surface area contributed by atoms with Gasteiger partial charge in [0.2, 0.25) is 0 Å². The van der Waals surface area contributed by atoms with Gasteiger partial charge in [-0.25, -0.2) is 0 Å².